The predicted octanol–water partition coefficient (Wildman–Crippen LogP) is 2.80. The number of likely N-dealkylation sites (tertiary alicyclic amines) is 1. The molecule has 0 unspecified atom stereocenters. The van der Waals surface area contributed by atoms with Crippen molar-refractivity contribution in [1.29, 1.82) is 0 Å². The molecule has 1 saturated heterocycles. The number of esters is 1. The van der Waals surface area contributed by atoms with Gasteiger partial charge in [0.2, 0.25) is 5.91 Å². The average Bonchev–Trinajstić information content (AvgIpc) is 2.97. The van der Waals surface area contributed by atoms with Gasteiger partial charge in [-0.1, -0.05) is 13.3 Å². The Morgan fingerprint density at radius 2 is 2.00 bits per heavy atom. The fourth-order valence-electron chi connectivity index (χ4n) is 3.46. The summed E-state index contributed by atoms with van der Waals surface area (Å²) in [6, 6.07) is 0.417. The van der Waals surface area contributed by atoms with Crippen LogP contribution in [0.5, 0.6) is 0 Å². The maximum Gasteiger partial charge on any atom is 0.341 e. The molecule has 1 fully saturated rings. The molecule has 1 aliphatic heterocycles. The Labute approximate surface area is 164 Å². The van der Waals surface area contributed by atoms with E-state index in [1.807, 2.05) is 0 Å². The SMILES string of the molecule is CCOC(=O)c1c(NC(=O)CN2CCCC[C@H]2CC)sc(C(=O)NC)c1C. The van der Waals surface area contributed by atoms with Crippen LogP contribution in [0.1, 0.15) is 65.1 Å². The second kappa shape index (κ2) is 9.85. The van der Waals surface area contributed by atoms with Crippen LogP contribution in [0.25, 0.3) is 0 Å². The van der Waals surface area contributed by atoms with E-state index in [1.54, 1.807) is 13.8 Å². The monoisotopic (exact) mass is 395 g/mol. The highest BCUT2D eigenvalue weighted by Crippen LogP contribution is 2.34. The lowest BCUT2D eigenvalue weighted by Crippen LogP contribution is -2.43. The molecule has 2 N–H and O–H groups in total. The number of amides is 2. The summed E-state index contributed by atoms with van der Waals surface area (Å²) in [6.07, 6.45) is 4.41. The summed E-state index contributed by atoms with van der Waals surface area (Å²) in [7, 11) is 1.53. The molecule has 2 heterocycles. The molecule has 1 aromatic heterocycles. The second-order valence-corrected chi connectivity index (χ2v) is 7.66. The summed E-state index contributed by atoms with van der Waals surface area (Å²) in [4.78, 5) is 39.7. The van der Waals surface area contributed by atoms with E-state index in [0.29, 0.717) is 21.5 Å². The third-order valence-electron chi connectivity index (χ3n) is 4.88. The number of nitrogens with one attached hydrogen (secondary N) is 2. The summed E-state index contributed by atoms with van der Waals surface area (Å²) in [6.45, 7) is 6.97. The molecule has 2 amide bonds. The van der Waals surface area contributed by atoms with Gasteiger partial charge in [0.05, 0.1) is 23.6 Å². The van der Waals surface area contributed by atoms with Gasteiger partial charge in [-0.2, -0.15) is 0 Å². The van der Waals surface area contributed by atoms with Crippen molar-refractivity contribution in [3.05, 3.63) is 16.0 Å². The number of rotatable bonds is 7. The number of hydrogen-bond acceptors (Lipinski definition) is 6. The van der Waals surface area contributed by atoms with Crippen LogP contribution in [0, 0.1) is 6.92 Å². The zero-order valence-electron chi connectivity index (χ0n) is 16.5. The maximum atomic E-state index is 12.6. The number of carbonyl (C=O) groups is 3. The number of carbonyl (C=O) groups excluding carboxylic acids is 3. The summed E-state index contributed by atoms with van der Waals surface area (Å²) in [5, 5.41) is 5.78. The number of hydrogen-bond donors (Lipinski definition) is 2. The molecule has 1 aromatic rings. The Morgan fingerprint density at radius 3 is 2.63 bits per heavy atom. The van der Waals surface area contributed by atoms with Gasteiger partial charge < -0.3 is 15.4 Å². The largest absolute Gasteiger partial charge is 0.462 e. The van der Waals surface area contributed by atoms with Gasteiger partial charge in [0.25, 0.3) is 5.91 Å². The van der Waals surface area contributed by atoms with Gasteiger partial charge in [-0.15, -0.1) is 11.3 Å². The summed E-state index contributed by atoms with van der Waals surface area (Å²) < 4.78 is 5.12. The molecule has 0 spiro atoms. The van der Waals surface area contributed by atoms with Crippen LogP contribution in [0.15, 0.2) is 0 Å². The zero-order chi connectivity index (χ0) is 20.0. The van der Waals surface area contributed by atoms with Crippen LogP contribution < -0.4 is 10.6 Å². The van der Waals surface area contributed by atoms with Crippen LogP contribution in [-0.2, 0) is 9.53 Å². The quantitative estimate of drug-likeness (QED) is 0.693. The Morgan fingerprint density at radius 1 is 1.26 bits per heavy atom. The molecule has 7 nitrogen and oxygen atoms in total. The van der Waals surface area contributed by atoms with Gasteiger partial charge in [-0.3, -0.25) is 14.5 Å². The van der Waals surface area contributed by atoms with Gasteiger partial charge in [0.1, 0.15) is 5.00 Å². The van der Waals surface area contributed by atoms with Crippen LogP contribution in [0.3, 0.4) is 0 Å². The third-order valence-corrected chi connectivity index (χ3v) is 6.09. The fourth-order valence-corrected chi connectivity index (χ4v) is 4.62. The normalized spacial score (nSPS) is 17.4. The van der Waals surface area contributed by atoms with E-state index < -0.39 is 5.97 Å². The van der Waals surface area contributed by atoms with E-state index in [0.717, 1.165) is 37.1 Å². The highest BCUT2D eigenvalue weighted by atomic mass is 32.1. The van der Waals surface area contributed by atoms with Crippen molar-refractivity contribution in [1.82, 2.24) is 10.2 Å². The lowest BCUT2D eigenvalue weighted by Gasteiger charge is -2.34. The molecule has 1 aliphatic rings. The van der Waals surface area contributed by atoms with Crippen molar-refractivity contribution >= 4 is 34.1 Å². The Balaban J connectivity index is 2.21. The minimum Gasteiger partial charge on any atom is -0.462 e. The molecule has 0 bridgehead atoms. The van der Waals surface area contributed by atoms with Crippen LogP contribution in [-0.4, -0.2) is 55.5 Å². The van der Waals surface area contributed by atoms with Crippen molar-refractivity contribution in [2.45, 2.75) is 52.5 Å². The first-order chi connectivity index (χ1) is 12.9. The van der Waals surface area contributed by atoms with E-state index in [-0.39, 0.29) is 30.5 Å². The van der Waals surface area contributed by atoms with Crippen LogP contribution in [0.4, 0.5) is 5.00 Å². The molecule has 0 saturated carbocycles. The van der Waals surface area contributed by atoms with Gasteiger partial charge in [0.15, 0.2) is 0 Å². The highest BCUT2D eigenvalue weighted by Gasteiger charge is 2.28. The minimum atomic E-state index is -0.527. The Hall–Kier alpha value is -1.93. The predicted molar refractivity (Wildman–Crippen MR) is 107 cm³/mol. The highest BCUT2D eigenvalue weighted by molar-refractivity contribution is 7.18. The van der Waals surface area contributed by atoms with Gasteiger partial charge >= 0.3 is 5.97 Å². The number of anilines is 1. The lowest BCUT2D eigenvalue weighted by molar-refractivity contribution is -0.118. The second-order valence-electron chi connectivity index (χ2n) is 6.64. The molecule has 2 rings (SSSR count). The van der Waals surface area contributed by atoms with Crippen molar-refractivity contribution in [3.63, 3.8) is 0 Å². The Bertz CT molecular complexity index is 701. The lowest BCUT2D eigenvalue weighted by atomic mass is 10.0. The van der Waals surface area contributed by atoms with E-state index >= 15 is 0 Å². The van der Waals surface area contributed by atoms with Crippen molar-refractivity contribution in [2.75, 3.05) is 32.1 Å². The van der Waals surface area contributed by atoms with E-state index in [9.17, 15) is 14.4 Å². The number of nitrogens with zero attached hydrogens (tertiary/aromatic N) is 1. The standard InChI is InChI=1S/C19H29N3O4S/c1-5-13-9-7-8-10-22(13)11-14(23)21-18-15(19(25)26-6-2)12(3)16(27-18)17(24)20-4/h13H,5-11H2,1-4H3,(H,20,24)(H,21,23)/t13-/m1/s1. The molecule has 8 heteroatoms. The zero-order valence-corrected chi connectivity index (χ0v) is 17.3. The Kier molecular flexibility index (Phi) is 7.79. The summed E-state index contributed by atoms with van der Waals surface area (Å²) in [5.41, 5.74) is 0.789. The molecular weight excluding hydrogens is 366 g/mol. The number of piperidine rings is 1. The first-order valence-corrected chi connectivity index (χ1v) is 10.3. The maximum absolute atomic E-state index is 12.6. The van der Waals surface area contributed by atoms with Gasteiger partial charge in [-0.25, -0.2) is 4.79 Å². The van der Waals surface area contributed by atoms with E-state index in [4.69, 9.17) is 4.74 Å². The number of thiophene rings is 1. The van der Waals surface area contributed by atoms with Crippen molar-refractivity contribution in [3.8, 4) is 0 Å². The average molecular weight is 396 g/mol. The summed E-state index contributed by atoms with van der Waals surface area (Å²) >= 11 is 1.11. The van der Waals surface area contributed by atoms with Crippen LogP contribution in [0.2, 0.25) is 0 Å². The topological polar surface area (TPSA) is 87.7 Å². The first-order valence-electron chi connectivity index (χ1n) is 9.49. The third kappa shape index (κ3) is 5.07. The molecule has 0 radical (unpaired) electrons. The minimum absolute atomic E-state index is 0.175. The summed E-state index contributed by atoms with van der Waals surface area (Å²) in [5.74, 6) is -0.989. The van der Waals surface area contributed by atoms with E-state index in [2.05, 4.69) is 22.5 Å². The smallest absolute Gasteiger partial charge is 0.341 e. The van der Waals surface area contributed by atoms with Crippen molar-refractivity contribution in [2.24, 2.45) is 0 Å². The number of ether oxygens (including phenoxy) is 1. The molecular formula is C19H29N3O4S. The molecule has 1 atom stereocenters. The van der Waals surface area contributed by atoms with Crippen molar-refractivity contribution < 1.29 is 19.1 Å². The molecule has 0 aliphatic carbocycles. The molecule has 150 valence electrons. The van der Waals surface area contributed by atoms with Gasteiger partial charge in [0, 0.05) is 13.1 Å². The molecule has 27 heavy (non-hydrogen) atoms. The fraction of sp³-hybridized carbons (Fsp3) is 0.632. The van der Waals surface area contributed by atoms with Crippen LogP contribution >= 0.6 is 11.3 Å². The first kappa shape index (κ1) is 21.4. The van der Waals surface area contributed by atoms with Gasteiger partial charge in [-0.05, 0) is 45.2 Å². The van der Waals surface area contributed by atoms with E-state index in [1.165, 1.54) is 13.5 Å². The molecule has 0 aromatic carbocycles.